The Morgan fingerprint density at radius 2 is 2.33 bits per heavy atom. The zero-order chi connectivity index (χ0) is 10.9. The van der Waals surface area contributed by atoms with Crippen molar-refractivity contribution in [3.05, 3.63) is 18.2 Å². The van der Waals surface area contributed by atoms with Crippen LogP contribution in [0.5, 0.6) is 0 Å². The summed E-state index contributed by atoms with van der Waals surface area (Å²) in [6, 6.07) is 0. The number of nitrogens with one attached hydrogen (secondary N) is 2. The van der Waals surface area contributed by atoms with Crippen LogP contribution >= 0.6 is 0 Å². The molecule has 6 heteroatoms. The minimum Gasteiger partial charge on any atom is -0.481 e. The quantitative estimate of drug-likeness (QED) is 0.650. The van der Waals surface area contributed by atoms with Crippen molar-refractivity contribution in [1.29, 1.82) is 0 Å². The van der Waals surface area contributed by atoms with Crippen LogP contribution in [0.4, 0.5) is 0 Å². The molecule has 1 aliphatic carbocycles. The predicted octanol–water partition coefficient (Wildman–Crippen LogP) is 0.00430. The number of carboxylic acid groups (broad SMARTS) is 1. The van der Waals surface area contributed by atoms with E-state index in [1.807, 2.05) is 0 Å². The first-order chi connectivity index (χ1) is 7.14. The Labute approximate surface area is 85.7 Å². The number of H-pyrrole nitrogens is 1. The van der Waals surface area contributed by atoms with Gasteiger partial charge in [0, 0.05) is 6.54 Å². The van der Waals surface area contributed by atoms with Crippen LogP contribution in [0.3, 0.4) is 0 Å². The van der Waals surface area contributed by atoms with Crippen LogP contribution in [-0.2, 0) is 4.79 Å². The van der Waals surface area contributed by atoms with E-state index in [-0.39, 0.29) is 12.5 Å². The molecule has 15 heavy (non-hydrogen) atoms. The van der Waals surface area contributed by atoms with Crippen molar-refractivity contribution in [2.75, 3.05) is 6.54 Å². The first-order valence-corrected chi connectivity index (χ1v) is 4.64. The van der Waals surface area contributed by atoms with Crippen molar-refractivity contribution >= 4 is 11.9 Å². The van der Waals surface area contributed by atoms with Gasteiger partial charge in [0.05, 0.1) is 17.9 Å². The third-order valence-electron chi connectivity index (χ3n) is 2.64. The number of carboxylic acids is 1. The van der Waals surface area contributed by atoms with Gasteiger partial charge in [-0.3, -0.25) is 9.59 Å². The first-order valence-electron chi connectivity index (χ1n) is 4.64. The molecule has 80 valence electrons. The summed E-state index contributed by atoms with van der Waals surface area (Å²) < 4.78 is 0. The Morgan fingerprint density at radius 3 is 2.80 bits per heavy atom. The lowest BCUT2D eigenvalue weighted by Crippen LogP contribution is -2.34. The summed E-state index contributed by atoms with van der Waals surface area (Å²) in [5.74, 6) is -1.16. The first kappa shape index (κ1) is 9.70. The molecule has 2 rings (SSSR count). The fourth-order valence-electron chi connectivity index (χ4n) is 1.34. The molecular formula is C9H11N3O3. The zero-order valence-corrected chi connectivity index (χ0v) is 7.99. The number of nitrogens with zero attached hydrogens (tertiary/aromatic N) is 1. The molecule has 3 N–H and O–H groups in total. The molecule has 0 aromatic carbocycles. The van der Waals surface area contributed by atoms with Crippen molar-refractivity contribution in [1.82, 2.24) is 15.3 Å². The minimum atomic E-state index is -0.840. The lowest BCUT2D eigenvalue weighted by atomic mass is 10.1. The summed E-state index contributed by atoms with van der Waals surface area (Å²) >= 11 is 0. The van der Waals surface area contributed by atoms with Crippen molar-refractivity contribution in [2.45, 2.75) is 12.8 Å². The molecule has 1 aliphatic rings. The lowest BCUT2D eigenvalue weighted by molar-refractivity contribution is -0.143. The summed E-state index contributed by atoms with van der Waals surface area (Å²) in [6.45, 7) is 0.181. The number of carbonyl (C=O) groups is 2. The third kappa shape index (κ3) is 1.83. The van der Waals surface area contributed by atoms with E-state index < -0.39 is 11.4 Å². The largest absolute Gasteiger partial charge is 0.481 e. The van der Waals surface area contributed by atoms with Crippen molar-refractivity contribution < 1.29 is 14.7 Å². The number of rotatable bonds is 4. The number of carbonyl (C=O) groups excluding carboxylic acids is 1. The van der Waals surface area contributed by atoms with Crippen molar-refractivity contribution in [3.63, 3.8) is 0 Å². The van der Waals surface area contributed by atoms with Gasteiger partial charge in [-0.05, 0) is 12.8 Å². The summed E-state index contributed by atoms with van der Waals surface area (Å²) in [6.07, 6.45) is 4.06. The van der Waals surface area contributed by atoms with Crippen LogP contribution in [0.2, 0.25) is 0 Å². The molecular weight excluding hydrogens is 198 g/mol. The normalized spacial score (nSPS) is 17.1. The molecule has 0 radical (unpaired) electrons. The lowest BCUT2D eigenvalue weighted by Gasteiger charge is -2.09. The molecule has 0 bridgehead atoms. The third-order valence-corrected chi connectivity index (χ3v) is 2.64. The fourth-order valence-corrected chi connectivity index (χ4v) is 1.34. The zero-order valence-electron chi connectivity index (χ0n) is 7.99. The molecule has 1 aromatic rings. The average molecular weight is 209 g/mol. The molecule has 1 amide bonds. The smallest absolute Gasteiger partial charge is 0.311 e. The van der Waals surface area contributed by atoms with Gasteiger partial charge in [-0.2, -0.15) is 0 Å². The van der Waals surface area contributed by atoms with Gasteiger partial charge in [0.2, 0.25) is 0 Å². The van der Waals surface area contributed by atoms with E-state index in [1.165, 1.54) is 12.5 Å². The van der Waals surface area contributed by atoms with Crippen LogP contribution in [-0.4, -0.2) is 33.5 Å². The van der Waals surface area contributed by atoms with Gasteiger partial charge < -0.3 is 15.4 Å². The predicted molar refractivity (Wildman–Crippen MR) is 50.2 cm³/mol. The summed E-state index contributed by atoms with van der Waals surface area (Å²) in [4.78, 5) is 28.6. The number of aromatic nitrogens is 2. The van der Waals surface area contributed by atoms with Gasteiger partial charge in [-0.15, -0.1) is 0 Å². The van der Waals surface area contributed by atoms with Gasteiger partial charge in [0.25, 0.3) is 5.91 Å². The molecule has 0 spiro atoms. The maximum Gasteiger partial charge on any atom is 0.311 e. The van der Waals surface area contributed by atoms with E-state index in [0.29, 0.717) is 18.5 Å². The second-order valence-electron chi connectivity index (χ2n) is 3.73. The van der Waals surface area contributed by atoms with Crippen LogP contribution in [0.15, 0.2) is 12.5 Å². The van der Waals surface area contributed by atoms with E-state index in [9.17, 15) is 9.59 Å². The van der Waals surface area contributed by atoms with E-state index in [0.717, 1.165) is 0 Å². The number of imidazole rings is 1. The van der Waals surface area contributed by atoms with Crippen LogP contribution in [0, 0.1) is 5.41 Å². The number of amides is 1. The maximum absolute atomic E-state index is 11.4. The Balaban J connectivity index is 1.89. The summed E-state index contributed by atoms with van der Waals surface area (Å²) in [5, 5.41) is 11.5. The monoisotopic (exact) mass is 209 g/mol. The Kier molecular flexibility index (Phi) is 2.18. The molecule has 6 nitrogen and oxygen atoms in total. The average Bonchev–Trinajstić information content (AvgIpc) is 2.80. The van der Waals surface area contributed by atoms with Gasteiger partial charge >= 0.3 is 5.97 Å². The molecule has 1 aromatic heterocycles. The van der Waals surface area contributed by atoms with Crippen LogP contribution < -0.4 is 5.32 Å². The number of hydrogen-bond donors (Lipinski definition) is 3. The van der Waals surface area contributed by atoms with Gasteiger partial charge in [-0.25, -0.2) is 4.98 Å². The van der Waals surface area contributed by atoms with Gasteiger partial charge in [-0.1, -0.05) is 0 Å². The number of hydrogen-bond acceptors (Lipinski definition) is 3. The molecule has 0 aliphatic heterocycles. The van der Waals surface area contributed by atoms with Gasteiger partial charge in [0.15, 0.2) is 0 Å². The standard InChI is InChI=1S/C9H11N3O3/c13-7(6-3-10-5-12-6)11-4-9(1-2-9)8(14)15/h3,5H,1-2,4H2,(H,10,12)(H,11,13)(H,14,15). The number of aliphatic carboxylic acids is 1. The second-order valence-corrected chi connectivity index (χ2v) is 3.73. The molecule has 1 heterocycles. The van der Waals surface area contributed by atoms with E-state index in [2.05, 4.69) is 15.3 Å². The Hall–Kier alpha value is -1.85. The minimum absolute atomic E-state index is 0.181. The maximum atomic E-state index is 11.4. The van der Waals surface area contributed by atoms with Gasteiger partial charge in [0.1, 0.15) is 5.69 Å². The van der Waals surface area contributed by atoms with Crippen molar-refractivity contribution in [2.24, 2.45) is 5.41 Å². The summed E-state index contributed by atoms with van der Waals surface area (Å²) in [7, 11) is 0. The second kappa shape index (κ2) is 3.38. The molecule has 1 fully saturated rings. The van der Waals surface area contributed by atoms with E-state index in [4.69, 9.17) is 5.11 Å². The SMILES string of the molecule is O=C(NCC1(C(=O)O)CC1)c1cnc[nH]1. The summed E-state index contributed by atoms with van der Waals surface area (Å²) in [5.41, 5.74) is -0.383. The Morgan fingerprint density at radius 1 is 1.60 bits per heavy atom. The van der Waals surface area contributed by atoms with E-state index >= 15 is 0 Å². The molecule has 1 saturated carbocycles. The van der Waals surface area contributed by atoms with E-state index in [1.54, 1.807) is 0 Å². The highest BCUT2D eigenvalue weighted by Crippen LogP contribution is 2.45. The highest BCUT2D eigenvalue weighted by atomic mass is 16.4. The van der Waals surface area contributed by atoms with Crippen molar-refractivity contribution in [3.8, 4) is 0 Å². The van der Waals surface area contributed by atoms with Crippen LogP contribution in [0.1, 0.15) is 23.3 Å². The Bertz CT molecular complexity index is 381. The molecule has 0 saturated heterocycles. The highest BCUT2D eigenvalue weighted by molar-refractivity contribution is 5.92. The van der Waals surface area contributed by atoms with Crippen LogP contribution in [0.25, 0.3) is 0 Å². The fraction of sp³-hybridized carbons (Fsp3) is 0.444. The highest BCUT2D eigenvalue weighted by Gasteiger charge is 2.50. The molecule has 0 unspecified atom stereocenters. The number of aromatic amines is 1. The molecule has 0 atom stereocenters. The topological polar surface area (TPSA) is 95.1 Å².